The maximum atomic E-state index is 13.7. The molecule has 10 heteroatoms. The van der Waals surface area contributed by atoms with Crippen molar-refractivity contribution >= 4 is 43.9 Å². The van der Waals surface area contributed by atoms with Gasteiger partial charge < -0.3 is 15.0 Å². The molecule has 0 unspecified atom stereocenters. The van der Waals surface area contributed by atoms with Gasteiger partial charge in [-0.05, 0) is 56.6 Å². The maximum Gasteiger partial charge on any atom is 0.341 e. The highest BCUT2D eigenvalue weighted by Gasteiger charge is 2.31. The van der Waals surface area contributed by atoms with Crippen LogP contribution in [-0.2, 0) is 32.5 Å². The van der Waals surface area contributed by atoms with Gasteiger partial charge in [0.15, 0.2) is 0 Å². The summed E-state index contributed by atoms with van der Waals surface area (Å²) in [6.45, 7) is 4.67. The number of aryl methyl sites for hydroxylation is 2. The van der Waals surface area contributed by atoms with Crippen LogP contribution in [-0.4, -0.2) is 52.4 Å². The van der Waals surface area contributed by atoms with Gasteiger partial charge in [-0.3, -0.25) is 9.10 Å². The zero-order valence-electron chi connectivity index (χ0n) is 20.7. The van der Waals surface area contributed by atoms with Crippen LogP contribution in [0.1, 0.15) is 31.9 Å². The Bertz CT molecular complexity index is 1400. The number of methoxy groups -OCH3 is 1. The fourth-order valence-electron chi connectivity index (χ4n) is 4.21. The number of likely N-dealkylation sites (N-methyl/N-ethyl adjacent to an activating group) is 1. The largest absolute Gasteiger partial charge is 0.465 e. The van der Waals surface area contributed by atoms with E-state index in [9.17, 15) is 18.0 Å². The summed E-state index contributed by atoms with van der Waals surface area (Å²) in [7, 11) is -0.742. The number of para-hydroxylation sites is 1. The molecule has 0 bridgehead atoms. The molecule has 1 aliphatic heterocycles. The number of esters is 1. The summed E-state index contributed by atoms with van der Waals surface area (Å²) in [6.07, 6.45) is 0.666. The molecule has 8 nitrogen and oxygen atoms in total. The van der Waals surface area contributed by atoms with Gasteiger partial charge in [0, 0.05) is 18.0 Å². The van der Waals surface area contributed by atoms with Crippen molar-refractivity contribution in [2.75, 3.05) is 36.9 Å². The number of ether oxygens (including phenoxy) is 1. The van der Waals surface area contributed by atoms with Gasteiger partial charge in [0.2, 0.25) is 5.91 Å². The van der Waals surface area contributed by atoms with Crippen LogP contribution in [0.4, 0.5) is 10.7 Å². The predicted molar refractivity (Wildman–Crippen MR) is 141 cm³/mol. The molecular weight excluding hydrogens is 498 g/mol. The second kappa shape index (κ2) is 10.4. The van der Waals surface area contributed by atoms with E-state index >= 15 is 0 Å². The Morgan fingerprint density at radius 1 is 1.11 bits per heavy atom. The Morgan fingerprint density at radius 3 is 2.47 bits per heavy atom. The molecule has 0 saturated carbocycles. The van der Waals surface area contributed by atoms with Crippen LogP contribution >= 0.6 is 11.3 Å². The fourth-order valence-corrected chi connectivity index (χ4v) is 7.03. The Morgan fingerprint density at radius 2 is 1.81 bits per heavy atom. The SMILES string of the molecule is COC(=O)c1c(NC(=O)CN(c2ccccc2C)S(=O)(=O)c2ccc(C)cc2)sc2c1CCN(C)C2. The summed E-state index contributed by atoms with van der Waals surface area (Å²) in [6, 6.07) is 13.5. The third-order valence-corrected chi connectivity index (χ3v) is 9.08. The summed E-state index contributed by atoms with van der Waals surface area (Å²) in [4.78, 5) is 29.1. The number of carbonyl (C=O) groups excluding carboxylic acids is 2. The van der Waals surface area contributed by atoms with Crippen molar-refractivity contribution in [3.05, 3.63) is 75.7 Å². The highest BCUT2D eigenvalue weighted by molar-refractivity contribution is 7.92. The van der Waals surface area contributed by atoms with Gasteiger partial charge in [0.1, 0.15) is 11.5 Å². The van der Waals surface area contributed by atoms with E-state index in [-0.39, 0.29) is 4.90 Å². The summed E-state index contributed by atoms with van der Waals surface area (Å²) in [5, 5.41) is 3.18. The molecule has 2 heterocycles. The van der Waals surface area contributed by atoms with Crippen molar-refractivity contribution in [2.24, 2.45) is 0 Å². The van der Waals surface area contributed by atoms with Crippen molar-refractivity contribution in [3.8, 4) is 0 Å². The molecule has 0 aliphatic carbocycles. The first-order valence-corrected chi connectivity index (χ1v) is 13.7. The van der Waals surface area contributed by atoms with Crippen LogP contribution in [0.25, 0.3) is 0 Å². The highest BCUT2D eigenvalue weighted by Crippen LogP contribution is 2.37. The van der Waals surface area contributed by atoms with E-state index in [1.807, 2.05) is 20.0 Å². The number of carbonyl (C=O) groups is 2. The first kappa shape index (κ1) is 25.9. The molecule has 1 aliphatic rings. The second-order valence-corrected chi connectivity index (χ2v) is 11.8. The Kier molecular flexibility index (Phi) is 7.49. The van der Waals surface area contributed by atoms with Crippen LogP contribution in [0, 0.1) is 13.8 Å². The molecule has 36 heavy (non-hydrogen) atoms. The number of hydrogen-bond donors (Lipinski definition) is 1. The van der Waals surface area contributed by atoms with E-state index in [1.165, 1.54) is 30.6 Å². The lowest BCUT2D eigenvalue weighted by Crippen LogP contribution is -2.38. The molecule has 0 fully saturated rings. The van der Waals surface area contributed by atoms with Crippen molar-refractivity contribution in [2.45, 2.75) is 31.7 Å². The van der Waals surface area contributed by atoms with E-state index in [0.717, 1.165) is 26.9 Å². The topological polar surface area (TPSA) is 96.0 Å². The third kappa shape index (κ3) is 5.16. The molecular formula is C26H29N3O5S2. The molecule has 0 spiro atoms. The summed E-state index contributed by atoms with van der Waals surface area (Å²) in [5.74, 6) is -1.07. The molecule has 1 N–H and O–H groups in total. The number of fused-ring (bicyclic) bond motifs is 1. The van der Waals surface area contributed by atoms with E-state index in [2.05, 4.69) is 10.2 Å². The molecule has 1 aromatic heterocycles. The predicted octanol–water partition coefficient (Wildman–Crippen LogP) is 3.97. The number of benzene rings is 2. The molecule has 3 aromatic rings. The zero-order chi connectivity index (χ0) is 26.0. The van der Waals surface area contributed by atoms with Crippen molar-refractivity contribution in [1.29, 1.82) is 0 Å². The molecule has 190 valence electrons. The Labute approximate surface area is 215 Å². The average molecular weight is 528 g/mol. The van der Waals surface area contributed by atoms with Crippen molar-refractivity contribution in [3.63, 3.8) is 0 Å². The summed E-state index contributed by atoms with van der Waals surface area (Å²) >= 11 is 1.33. The smallest absolute Gasteiger partial charge is 0.341 e. The summed E-state index contributed by atoms with van der Waals surface area (Å²) < 4.78 is 33.4. The van der Waals surface area contributed by atoms with Gasteiger partial charge in [0.05, 0.1) is 23.3 Å². The lowest BCUT2D eigenvalue weighted by molar-refractivity contribution is -0.114. The molecule has 0 radical (unpaired) electrons. The number of hydrogen-bond acceptors (Lipinski definition) is 7. The van der Waals surface area contributed by atoms with Gasteiger partial charge in [-0.15, -0.1) is 11.3 Å². The van der Waals surface area contributed by atoms with Crippen LogP contribution in [0.2, 0.25) is 0 Å². The minimum atomic E-state index is -4.04. The minimum Gasteiger partial charge on any atom is -0.465 e. The van der Waals surface area contributed by atoms with Crippen LogP contribution in [0.5, 0.6) is 0 Å². The Hall–Kier alpha value is -3.21. The summed E-state index contributed by atoms with van der Waals surface area (Å²) in [5.41, 5.74) is 3.28. The van der Waals surface area contributed by atoms with Gasteiger partial charge >= 0.3 is 5.97 Å². The lowest BCUT2D eigenvalue weighted by atomic mass is 10.0. The standard InChI is InChI=1S/C26H29N3O5S2/c1-17-9-11-19(12-10-17)36(32,33)29(21-8-6-5-7-18(21)2)16-23(30)27-25-24(26(31)34-4)20-13-14-28(3)15-22(20)35-25/h5-12H,13-16H2,1-4H3,(H,27,30). The molecule has 0 atom stereocenters. The monoisotopic (exact) mass is 527 g/mol. The van der Waals surface area contributed by atoms with Crippen LogP contribution < -0.4 is 9.62 Å². The number of amides is 1. The molecule has 4 rings (SSSR count). The van der Waals surface area contributed by atoms with E-state index in [0.29, 0.717) is 34.8 Å². The third-order valence-electron chi connectivity index (χ3n) is 6.17. The number of nitrogens with one attached hydrogen (secondary N) is 1. The zero-order valence-corrected chi connectivity index (χ0v) is 22.3. The molecule has 2 aromatic carbocycles. The minimum absolute atomic E-state index is 0.0917. The maximum absolute atomic E-state index is 13.7. The van der Waals surface area contributed by atoms with Gasteiger partial charge in [-0.2, -0.15) is 0 Å². The van der Waals surface area contributed by atoms with Crippen molar-refractivity contribution in [1.82, 2.24) is 4.90 Å². The molecule has 1 amide bonds. The second-order valence-electron chi connectivity index (χ2n) is 8.85. The number of sulfonamides is 1. The number of rotatable bonds is 7. The normalized spacial score (nSPS) is 13.7. The fraction of sp³-hybridized carbons (Fsp3) is 0.308. The van der Waals surface area contributed by atoms with Gasteiger partial charge in [-0.25, -0.2) is 13.2 Å². The van der Waals surface area contributed by atoms with E-state index in [4.69, 9.17) is 4.74 Å². The Balaban J connectivity index is 1.69. The average Bonchev–Trinajstić information content (AvgIpc) is 3.19. The van der Waals surface area contributed by atoms with E-state index < -0.39 is 28.4 Å². The van der Waals surface area contributed by atoms with Gasteiger partial charge in [-0.1, -0.05) is 35.9 Å². The first-order valence-electron chi connectivity index (χ1n) is 11.5. The lowest BCUT2D eigenvalue weighted by Gasteiger charge is -2.25. The number of thiophene rings is 1. The van der Waals surface area contributed by atoms with Crippen LogP contribution in [0.3, 0.4) is 0 Å². The van der Waals surface area contributed by atoms with Gasteiger partial charge in [0.25, 0.3) is 10.0 Å². The quantitative estimate of drug-likeness (QED) is 0.467. The van der Waals surface area contributed by atoms with Crippen molar-refractivity contribution < 1.29 is 22.7 Å². The molecule has 0 saturated heterocycles. The number of anilines is 2. The van der Waals surface area contributed by atoms with Crippen LogP contribution in [0.15, 0.2) is 53.4 Å². The first-order chi connectivity index (χ1) is 17.1. The highest BCUT2D eigenvalue weighted by atomic mass is 32.2. The number of nitrogens with zero attached hydrogens (tertiary/aromatic N) is 2. The van der Waals surface area contributed by atoms with E-state index in [1.54, 1.807) is 37.3 Å².